The summed E-state index contributed by atoms with van der Waals surface area (Å²) in [7, 11) is 0. The van der Waals surface area contributed by atoms with Crippen molar-refractivity contribution in [3.8, 4) is 0 Å². The van der Waals surface area contributed by atoms with Crippen LogP contribution in [0.3, 0.4) is 0 Å². The Morgan fingerprint density at radius 3 is 1.14 bits per heavy atom. The molecule has 2 aliphatic heterocycles. The van der Waals surface area contributed by atoms with Gasteiger partial charge in [-0.1, -0.05) is 239 Å². The summed E-state index contributed by atoms with van der Waals surface area (Å²) in [6, 6.07) is 0. The molecule has 2 aliphatic rings. The van der Waals surface area contributed by atoms with Gasteiger partial charge in [0.25, 0.3) is 0 Å². The van der Waals surface area contributed by atoms with Crippen molar-refractivity contribution in [3.05, 3.63) is 0 Å². The monoisotopic (exact) mass is 1020 g/mol. The quantitative estimate of drug-likeness (QED) is 0.0223. The molecule has 0 aromatic heterocycles. The van der Waals surface area contributed by atoms with E-state index in [1.165, 1.54) is 193 Å². The molecule has 0 radical (unpaired) electrons. The van der Waals surface area contributed by atoms with Crippen LogP contribution in [0.2, 0.25) is 0 Å². The lowest BCUT2D eigenvalue weighted by atomic mass is 9.98. The van der Waals surface area contributed by atoms with E-state index in [9.17, 15) is 40.5 Å². The Morgan fingerprint density at radius 2 is 0.746 bits per heavy atom. The van der Waals surface area contributed by atoms with E-state index in [0.29, 0.717) is 6.61 Å². The maximum absolute atomic E-state index is 13.0. The van der Waals surface area contributed by atoms with Crippen LogP contribution < -0.4 is 0 Å². The minimum absolute atomic E-state index is 0.0709. The third kappa shape index (κ3) is 32.2. The van der Waals surface area contributed by atoms with Crippen LogP contribution in [0.1, 0.15) is 258 Å². The number of aliphatic hydroxyl groups is 7. The van der Waals surface area contributed by atoms with E-state index >= 15 is 0 Å². The second kappa shape index (κ2) is 45.2. The number of carbonyl (C=O) groups excluding carboxylic acids is 1. The highest BCUT2D eigenvalue weighted by Gasteiger charge is 2.47. The Labute approximate surface area is 432 Å². The molecule has 0 bridgehead atoms. The molecule has 2 fully saturated rings. The molecular weight excluding hydrogens is 909 g/mol. The van der Waals surface area contributed by atoms with E-state index in [-0.39, 0.29) is 25.6 Å². The van der Waals surface area contributed by atoms with E-state index in [2.05, 4.69) is 13.8 Å². The minimum atomic E-state index is -1.70. The third-order valence-electron chi connectivity index (χ3n) is 14.6. The second-order valence-corrected chi connectivity index (χ2v) is 21.2. The molecule has 11 atom stereocenters. The Bertz CT molecular complexity index is 1180. The van der Waals surface area contributed by atoms with Gasteiger partial charge in [-0.15, -0.1) is 0 Å². The standard InChI is InChI=1S/C57H110O14/c1-3-5-7-9-11-13-15-17-19-20-21-22-23-24-25-26-27-29-31-33-35-37-39-41-66-43-46(69-49(59)40-38-36-34-32-30-28-18-16-14-12-10-8-6-4-2)44-67-56-55(65)53(63)51(61)48(71-56)45-68-57-54(64)52(62)50(60)47(42-58)70-57/h46-48,50-58,60-65H,3-45H2,1-2H3. The highest BCUT2D eigenvalue weighted by Crippen LogP contribution is 2.27. The molecule has 0 amide bonds. The van der Waals surface area contributed by atoms with E-state index in [0.717, 1.165) is 44.9 Å². The van der Waals surface area contributed by atoms with Crippen molar-refractivity contribution in [2.24, 2.45) is 0 Å². The molecule has 14 nitrogen and oxygen atoms in total. The summed E-state index contributed by atoms with van der Waals surface area (Å²) < 4.78 is 34.4. The first-order chi connectivity index (χ1) is 34.6. The predicted molar refractivity (Wildman–Crippen MR) is 280 cm³/mol. The van der Waals surface area contributed by atoms with Crippen LogP contribution in [-0.4, -0.2) is 142 Å². The van der Waals surface area contributed by atoms with Crippen molar-refractivity contribution in [2.45, 2.75) is 325 Å². The summed E-state index contributed by atoms with van der Waals surface area (Å²) in [4.78, 5) is 13.0. The minimum Gasteiger partial charge on any atom is -0.457 e. The summed E-state index contributed by atoms with van der Waals surface area (Å²) in [6.07, 6.45) is 31.7. The number of hydrogen-bond acceptors (Lipinski definition) is 14. The van der Waals surface area contributed by atoms with Crippen LogP contribution in [0.4, 0.5) is 0 Å². The van der Waals surface area contributed by atoms with Gasteiger partial charge in [0.05, 0.1) is 26.4 Å². The van der Waals surface area contributed by atoms with E-state index in [1.807, 2.05) is 0 Å². The fraction of sp³-hybridized carbons (Fsp3) is 0.982. The van der Waals surface area contributed by atoms with E-state index in [1.54, 1.807) is 0 Å². The van der Waals surface area contributed by atoms with Gasteiger partial charge in [0.1, 0.15) is 54.9 Å². The number of ether oxygens (including phenoxy) is 6. The van der Waals surface area contributed by atoms with Gasteiger partial charge in [-0.05, 0) is 12.8 Å². The smallest absolute Gasteiger partial charge is 0.306 e. The van der Waals surface area contributed by atoms with Crippen molar-refractivity contribution in [3.63, 3.8) is 0 Å². The first-order valence-electron chi connectivity index (χ1n) is 29.6. The van der Waals surface area contributed by atoms with Crippen molar-refractivity contribution < 1.29 is 69.0 Å². The molecule has 7 N–H and O–H groups in total. The third-order valence-corrected chi connectivity index (χ3v) is 14.6. The SMILES string of the molecule is CCCCCCCCCCCCCCCCCCCCCCCCCOCC(COC1OC(COC2OC(CO)C(O)C(O)C2O)C(O)C(O)C1O)OC(=O)CCCCCCCCCCCCCCCC. The zero-order valence-electron chi connectivity index (χ0n) is 45.2. The Kier molecular flexibility index (Phi) is 42.1. The summed E-state index contributed by atoms with van der Waals surface area (Å²) in [5, 5.41) is 72.3. The Morgan fingerprint density at radius 1 is 0.408 bits per heavy atom. The van der Waals surface area contributed by atoms with Gasteiger partial charge in [-0.25, -0.2) is 0 Å². The lowest BCUT2D eigenvalue weighted by molar-refractivity contribution is -0.332. The molecule has 0 spiro atoms. The number of carbonyl (C=O) groups is 1. The van der Waals surface area contributed by atoms with Gasteiger partial charge in [-0.2, -0.15) is 0 Å². The molecule has 11 unspecified atom stereocenters. The van der Waals surface area contributed by atoms with Gasteiger partial charge in [0.2, 0.25) is 0 Å². The predicted octanol–water partition coefficient (Wildman–Crippen LogP) is 10.4. The lowest BCUT2D eigenvalue weighted by Gasteiger charge is -2.42. The number of unbranched alkanes of at least 4 members (excludes halogenated alkanes) is 35. The fourth-order valence-corrected chi connectivity index (χ4v) is 9.82. The van der Waals surface area contributed by atoms with Crippen molar-refractivity contribution in [1.82, 2.24) is 0 Å². The number of aliphatic hydroxyl groups excluding tert-OH is 7. The maximum atomic E-state index is 13.0. The molecule has 14 heteroatoms. The highest BCUT2D eigenvalue weighted by atomic mass is 16.7. The Balaban J connectivity index is 1.67. The molecule has 2 rings (SSSR count). The topological polar surface area (TPSA) is 214 Å². The molecule has 0 aromatic carbocycles. The average molecular weight is 1020 g/mol. The summed E-state index contributed by atoms with van der Waals surface area (Å²) >= 11 is 0. The van der Waals surface area contributed by atoms with Crippen molar-refractivity contribution in [1.29, 1.82) is 0 Å². The van der Waals surface area contributed by atoms with Crippen LogP contribution in [0.25, 0.3) is 0 Å². The van der Waals surface area contributed by atoms with Crippen LogP contribution in [0.5, 0.6) is 0 Å². The molecule has 422 valence electrons. The molecule has 0 aromatic rings. The summed E-state index contributed by atoms with van der Waals surface area (Å²) in [5.74, 6) is -0.368. The fourth-order valence-electron chi connectivity index (χ4n) is 9.82. The average Bonchev–Trinajstić information content (AvgIpc) is 3.37. The molecule has 2 heterocycles. The van der Waals surface area contributed by atoms with Gasteiger partial charge in [-0.3, -0.25) is 4.79 Å². The van der Waals surface area contributed by atoms with Gasteiger partial charge >= 0.3 is 5.97 Å². The van der Waals surface area contributed by atoms with Crippen molar-refractivity contribution >= 4 is 5.97 Å². The first kappa shape index (κ1) is 66.1. The van der Waals surface area contributed by atoms with Gasteiger partial charge in [0, 0.05) is 13.0 Å². The van der Waals surface area contributed by atoms with Crippen LogP contribution in [0.15, 0.2) is 0 Å². The van der Waals surface area contributed by atoms with Crippen LogP contribution in [0, 0.1) is 0 Å². The van der Waals surface area contributed by atoms with Gasteiger partial charge in [0.15, 0.2) is 12.6 Å². The van der Waals surface area contributed by atoms with Gasteiger partial charge < -0.3 is 64.2 Å². The zero-order valence-corrected chi connectivity index (χ0v) is 45.2. The zero-order chi connectivity index (χ0) is 51.6. The molecule has 71 heavy (non-hydrogen) atoms. The second-order valence-electron chi connectivity index (χ2n) is 21.2. The van der Waals surface area contributed by atoms with E-state index in [4.69, 9.17) is 28.4 Å². The highest BCUT2D eigenvalue weighted by molar-refractivity contribution is 5.69. The number of rotatable bonds is 49. The summed E-state index contributed by atoms with van der Waals surface area (Å²) in [6.45, 7) is 3.76. The Hall–Kier alpha value is -1.01. The molecule has 2 saturated heterocycles. The number of hydrogen-bond donors (Lipinski definition) is 7. The maximum Gasteiger partial charge on any atom is 0.306 e. The van der Waals surface area contributed by atoms with Crippen LogP contribution >= 0.6 is 0 Å². The lowest BCUT2D eigenvalue weighted by Crippen LogP contribution is -2.61. The normalized spacial score (nSPS) is 25.2. The first-order valence-corrected chi connectivity index (χ1v) is 29.6. The number of esters is 1. The van der Waals surface area contributed by atoms with Crippen LogP contribution in [-0.2, 0) is 33.2 Å². The largest absolute Gasteiger partial charge is 0.457 e. The van der Waals surface area contributed by atoms with Crippen molar-refractivity contribution in [2.75, 3.05) is 33.0 Å². The molecular formula is C57H110O14. The molecule has 0 saturated carbocycles. The van der Waals surface area contributed by atoms with E-state index < -0.39 is 80.7 Å². The molecule has 0 aliphatic carbocycles. The summed E-state index contributed by atoms with van der Waals surface area (Å²) in [5.41, 5.74) is 0.